The van der Waals surface area contributed by atoms with Crippen molar-refractivity contribution in [3.8, 4) is 0 Å². The number of hydrogen-bond donors (Lipinski definition) is 4. The van der Waals surface area contributed by atoms with Crippen molar-refractivity contribution in [3.05, 3.63) is 35.9 Å². The zero-order chi connectivity index (χ0) is 17.1. The average Bonchev–Trinajstić information content (AvgIpc) is 2.51. The van der Waals surface area contributed by atoms with Gasteiger partial charge in [-0.2, -0.15) is 0 Å². The number of hydrogen-bond acceptors (Lipinski definition) is 3. The number of nitrogens with one attached hydrogen (secondary N) is 1. The van der Waals surface area contributed by atoms with Crippen molar-refractivity contribution in [2.24, 2.45) is 16.5 Å². The molecule has 0 spiro atoms. The van der Waals surface area contributed by atoms with Gasteiger partial charge in [-0.05, 0) is 31.2 Å². The molecule has 0 aromatic heterocycles. The first kappa shape index (κ1) is 18.5. The van der Waals surface area contributed by atoms with Crippen LogP contribution in [0.3, 0.4) is 0 Å². The minimum absolute atomic E-state index is 0.0290. The number of nitrogens with two attached hydrogens (primary N) is 2. The minimum atomic E-state index is -1.02. The standard InChI is InChI=1S/C16H24N4O3/c17-16(18)19-11-5-4-8-14(21)20-13(15(22)23)10-9-12-6-2-1-3-7-12/h1-3,6-7,13H,4-5,8-11H2,(H,20,21)(H,22,23)(H4,17,18,19). The van der Waals surface area contributed by atoms with Gasteiger partial charge in [-0.25, -0.2) is 4.79 Å². The number of nitrogens with zero attached hydrogens (tertiary/aromatic N) is 1. The molecule has 1 unspecified atom stereocenters. The molecule has 0 saturated carbocycles. The zero-order valence-corrected chi connectivity index (χ0v) is 13.1. The molecule has 0 aliphatic rings. The first-order valence-corrected chi connectivity index (χ1v) is 7.60. The van der Waals surface area contributed by atoms with Gasteiger partial charge in [0.25, 0.3) is 0 Å². The lowest BCUT2D eigenvalue weighted by Gasteiger charge is -2.14. The van der Waals surface area contributed by atoms with E-state index in [1.807, 2.05) is 30.3 Å². The maximum Gasteiger partial charge on any atom is 0.326 e. The quantitative estimate of drug-likeness (QED) is 0.285. The average molecular weight is 320 g/mol. The number of guanidine groups is 1. The Balaban J connectivity index is 2.33. The number of carbonyl (C=O) groups is 2. The molecule has 0 bridgehead atoms. The van der Waals surface area contributed by atoms with Crippen molar-refractivity contribution >= 4 is 17.8 Å². The smallest absolute Gasteiger partial charge is 0.326 e. The van der Waals surface area contributed by atoms with E-state index in [2.05, 4.69) is 10.3 Å². The van der Waals surface area contributed by atoms with Crippen molar-refractivity contribution < 1.29 is 14.7 Å². The zero-order valence-electron chi connectivity index (χ0n) is 13.1. The van der Waals surface area contributed by atoms with Gasteiger partial charge in [0.15, 0.2) is 5.96 Å². The van der Waals surface area contributed by atoms with Crippen molar-refractivity contribution in [1.29, 1.82) is 0 Å². The Morgan fingerprint density at radius 2 is 1.87 bits per heavy atom. The van der Waals surface area contributed by atoms with Crippen LogP contribution in [0.25, 0.3) is 0 Å². The van der Waals surface area contributed by atoms with Gasteiger partial charge in [0.05, 0.1) is 0 Å². The third kappa shape index (κ3) is 8.45. The van der Waals surface area contributed by atoms with Gasteiger partial charge >= 0.3 is 5.97 Å². The number of rotatable bonds is 10. The first-order valence-electron chi connectivity index (χ1n) is 7.60. The highest BCUT2D eigenvalue weighted by molar-refractivity contribution is 5.83. The molecule has 0 fully saturated rings. The molecule has 7 nitrogen and oxygen atoms in total. The number of aliphatic carboxylic acids is 1. The first-order chi connectivity index (χ1) is 11.0. The molecule has 1 aromatic rings. The maximum absolute atomic E-state index is 11.8. The fraction of sp³-hybridized carbons (Fsp3) is 0.438. The van der Waals surface area contributed by atoms with Crippen molar-refractivity contribution in [2.75, 3.05) is 6.54 Å². The van der Waals surface area contributed by atoms with Crippen molar-refractivity contribution in [1.82, 2.24) is 5.32 Å². The summed E-state index contributed by atoms with van der Waals surface area (Å²) in [4.78, 5) is 26.9. The molecule has 0 radical (unpaired) electrons. The Hall–Kier alpha value is -2.57. The predicted octanol–water partition coefficient (Wildman–Crippen LogP) is 0.632. The monoisotopic (exact) mass is 320 g/mol. The summed E-state index contributed by atoms with van der Waals surface area (Å²) in [5.74, 6) is -1.26. The van der Waals surface area contributed by atoms with Crippen LogP contribution >= 0.6 is 0 Å². The van der Waals surface area contributed by atoms with Gasteiger partial charge in [-0.3, -0.25) is 9.79 Å². The highest BCUT2D eigenvalue weighted by Gasteiger charge is 2.19. The van der Waals surface area contributed by atoms with Gasteiger partial charge in [-0.15, -0.1) is 0 Å². The summed E-state index contributed by atoms with van der Waals surface area (Å²) in [5.41, 5.74) is 11.4. The Morgan fingerprint density at radius 1 is 1.17 bits per heavy atom. The number of carboxylic acid groups (broad SMARTS) is 1. The lowest BCUT2D eigenvalue weighted by Crippen LogP contribution is -2.41. The second kappa shape index (κ2) is 10.2. The number of carbonyl (C=O) groups excluding carboxylic acids is 1. The molecule has 23 heavy (non-hydrogen) atoms. The maximum atomic E-state index is 11.8. The van der Waals surface area contributed by atoms with E-state index in [1.54, 1.807) is 0 Å². The predicted molar refractivity (Wildman–Crippen MR) is 88.9 cm³/mol. The molecule has 1 aromatic carbocycles. The number of unbranched alkanes of at least 4 members (excludes halogenated alkanes) is 1. The molecule has 126 valence electrons. The third-order valence-electron chi connectivity index (χ3n) is 3.30. The van der Waals surface area contributed by atoms with E-state index in [4.69, 9.17) is 11.5 Å². The lowest BCUT2D eigenvalue weighted by molar-refractivity contribution is -0.142. The summed E-state index contributed by atoms with van der Waals surface area (Å²) in [5, 5.41) is 11.8. The van der Waals surface area contributed by atoms with Crippen LogP contribution in [0.15, 0.2) is 35.3 Å². The molecule has 0 aliphatic carbocycles. The summed E-state index contributed by atoms with van der Waals surface area (Å²) >= 11 is 0. The molecule has 7 heteroatoms. The van der Waals surface area contributed by atoms with Crippen LogP contribution in [0.2, 0.25) is 0 Å². The second-order valence-electron chi connectivity index (χ2n) is 5.25. The van der Waals surface area contributed by atoms with Crippen LogP contribution in [0.1, 0.15) is 31.2 Å². The Bertz CT molecular complexity index is 527. The van der Waals surface area contributed by atoms with Gasteiger partial charge < -0.3 is 21.9 Å². The largest absolute Gasteiger partial charge is 0.480 e. The molecule has 0 saturated heterocycles. The molecular formula is C16H24N4O3. The second-order valence-corrected chi connectivity index (χ2v) is 5.25. The fourth-order valence-electron chi connectivity index (χ4n) is 2.09. The van der Waals surface area contributed by atoms with Gasteiger partial charge in [0, 0.05) is 13.0 Å². The van der Waals surface area contributed by atoms with Crippen LogP contribution < -0.4 is 16.8 Å². The summed E-state index contributed by atoms with van der Waals surface area (Å²) in [7, 11) is 0. The number of aryl methyl sites for hydroxylation is 1. The minimum Gasteiger partial charge on any atom is -0.480 e. The van der Waals surface area contributed by atoms with E-state index < -0.39 is 12.0 Å². The molecular weight excluding hydrogens is 296 g/mol. The normalized spacial score (nSPS) is 11.5. The summed E-state index contributed by atoms with van der Waals surface area (Å²) in [6.45, 7) is 0.464. The molecule has 0 aliphatic heterocycles. The third-order valence-corrected chi connectivity index (χ3v) is 3.30. The van der Waals surface area contributed by atoms with E-state index in [-0.39, 0.29) is 18.3 Å². The number of amides is 1. The van der Waals surface area contributed by atoms with E-state index in [0.29, 0.717) is 32.2 Å². The van der Waals surface area contributed by atoms with Gasteiger partial charge in [0.1, 0.15) is 6.04 Å². The summed E-state index contributed by atoms with van der Waals surface area (Å²) in [6, 6.07) is 8.71. The molecule has 0 heterocycles. The lowest BCUT2D eigenvalue weighted by atomic mass is 10.0. The van der Waals surface area contributed by atoms with Gasteiger partial charge in [-0.1, -0.05) is 30.3 Å². The molecule has 6 N–H and O–H groups in total. The highest BCUT2D eigenvalue weighted by atomic mass is 16.4. The van der Waals surface area contributed by atoms with Crippen LogP contribution in [0, 0.1) is 0 Å². The number of carboxylic acids is 1. The van der Waals surface area contributed by atoms with E-state index in [1.165, 1.54) is 0 Å². The van der Waals surface area contributed by atoms with Crippen molar-refractivity contribution in [2.45, 2.75) is 38.1 Å². The summed E-state index contributed by atoms with van der Waals surface area (Å²) < 4.78 is 0. The molecule has 1 rings (SSSR count). The SMILES string of the molecule is NC(N)=NCCCCC(=O)NC(CCc1ccccc1)C(=O)O. The van der Waals surface area contributed by atoms with Gasteiger partial charge in [0.2, 0.25) is 5.91 Å². The Labute approximate surface area is 135 Å². The number of aliphatic imine (C=N–C) groups is 1. The Kier molecular flexibility index (Phi) is 8.20. The van der Waals surface area contributed by atoms with Crippen molar-refractivity contribution in [3.63, 3.8) is 0 Å². The fourth-order valence-corrected chi connectivity index (χ4v) is 2.09. The van der Waals surface area contributed by atoms with Crippen LogP contribution in [0.4, 0.5) is 0 Å². The molecule has 1 amide bonds. The molecule has 1 atom stereocenters. The van der Waals surface area contributed by atoms with Crippen LogP contribution in [0.5, 0.6) is 0 Å². The highest BCUT2D eigenvalue weighted by Crippen LogP contribution is 2.06. The van der Waals surface area contributed by atoms with E-state index in [0.717, 1.165) is 5.56 Å². The van der Waals surface area contributed by atoms with Crippen LogP contribution in [-0.2, 0) is 16.0 Å². The Morgan fingerprint density at radius 3 is 2.48 bits per heavy atom. The van der Waals surface area contributed by atoms with Crippen LogP contribution in [-0.4, -0.2) is 35.5 Å². The van der Waals surface area contributed by atoms with E-state index >= 15 is 0 Å². The topological polar surface area (TPSA) is 131 Å². The number of benzene rings is 1. The van der Waals surface area contributed by atoms with E-state index in [9.17, 15) is 14.7 Å². The summed E-state index contributed by atoms with van der Waals surface area (Å²) in [6.07, 6.45) is 2.50.